The molecule has 2 aliphatic carbocycles. The highest BCUT2D eigenvalue weighted by Gasteiger charge is 2.58. The molecule has 2 aromatic rings. The predicted octanol–water partition coefficient (Wildman–Crippen LogP) is 4.29. The molecule has 4 fully saturated rings. The molecular weight excluding hydrogens is 489 g/mol. The van der Waals surface area contributed by atoms with Gasteiger partial charge in [-0.15, -0.1) is 0 Å². The van der Waals surface area contributed by atoms with Crippen molar-refractivity contribution >= 4 is 29.2 Å². The molecular formula is C25H25ClFN5O4. The van der Waals surface area contributed by atoms with Crippen LogP contribution in [-0.4, -0.2) is 59.0 Å². The smallest absolute Gasteiger partial charge is 0.410 e. The molecule has 6 rings (SSSR count). The van der Waals surface area contributed by atoms with Crippen molar-refractivity contribution in [1.82, 2.24) is 14.9 Å². The number of ether oxygens (including phenoxy) is 3. The van der Waals surface area contributed by atoms with Crippen LogP contribution in [0.2, 0.25) is 5.02 Å². The van der Waals surface area contributed by atoms with Crippen molar-refractivity contribution in [3.05, 3.63) is 40.9 Å². The van der Waals surface area contributed by atoms with Gasteiger partial charge in [0.1, 0.15) is 18.0 Å². The van der Waals surface area contributed by atoms with Gasteiger partial charge in [-0.3, -0.25) is 0 Å². The normalized spacial score (nSPS) is 26.0. The quantitative estimate of drug-likeness (QED) is 0.609. The maximum Gasteiger partial charge on any atom is 0.410 e. The molecule has 1 N–H and O–H groups in total. The Labute approximate surface area is 212 Å². The van der Waals surface area contributed by atoms with Crippen molar-refractivity contribution < 1.29 is 23.4 Å². The van der Waals surface area contributed by atoms with Crippen molar-refractivity contribution in [2.75, 3.05) is 31.6 Å². The highest BCUT2D eigenvalue weighted by Crippen LogP contribution is 2.56. The molecule has 9 nitrogen and oxygen atoms in total. The molecule has 1 aromatic heterocycles. The number of nitrogens with one attached hydrogen (secondary N) is 1. The van der Waals surface area contributed by atoms with Crippen LogP contribution in [0.1, 0.15) is 31.2 Å². The number of nitrogens with zero attached hydrogens (tertiary/aromatic N) is 4. The number of benzene rings is 1. The van der Waals surface area contributed by atoms with Crippen LogP contribution in [0.5, 0.6) is 5.88 Å². The second kappa shape index (κ2) is 9.05. The number of rotatable bonds is 6. The van der Waals surface area contributed by atoms with Gasteiger partial charge >= 0.3 is 6.09 Å². The zero-order valence-corrected chi connectivity index (χ0v) is 20.2. The Morgan fingerprint density at radius 3 is 2.64 bits per heavy atom. The summed E-state index contributed by atoms with van der Waals surface area (Å²) in [5, 5.41) is 12.1. The Bertz CT molecular complexity index is 1220. The maximum atomic E-state index is 15.3. The van der Waals surface area contributed by atoms with Crippen LogP contribution in [-0.2, 0) is 9.47 Å². The molecule has 1 aromatic carbocycles. The van der Waals surface area contributed by atoms with E-state index in [1.165, 1.54) is 12.4 Å². The third-order valence-corrected chi connectivity index (χ3v) is 7.78. The molecule has 4 aliphatic rings. The zero-order valence-electron chi connectivity index (χ0n) is 19.5. The molecule has 2 bridgehead atoms. The van der Waals surface area contributed by atoms with Gasteiger partial charge in [0, 0.05) is 24.9 Å². The topological polar surface area (TPSA) is 110 Å². The largest absolute Gasteiger partial charge is 0.471 e. The van der Waals surface area contributed by atoms with Crippen LogP contribution in [0.25, 0.3) is 0 Å². The van der Waals surface area contributed by atoms with E-state index in [0.29, 0.717) is 43.5 Å². The first-order chi connectivity index (χ1) is 17.5. The molecule has 0 radical (unpaired) electrons. The average molecular weight is 514 g/mol. The fourth-order valence-electron chi connectivity index (χ4n) is 5.27. The minimum atomic E-state index is -0.751. The van der Waals surface area contributed by atoms with E-state index in [9.17, 15) is 4.79 Å². The molecule has 2 saturated heterocycles. The fraction of sp³-hybridized carbons (Fsp3) is 0.520. The Hall–Kier alpha value is -3.16. The summed E-state index contributed by atoms with van der Waals surface area (Å²) in [5.41, 5.74) is 0.555. The van der Waals surface area contributed by atoms with Crippen molar-refractivity contribution in [2.24, 2.45) is 17.8 Å². The van der Waals surface area contributed by atoms with E-state index in [1.807, 2.05) is 6.07 Å². The molecule has 2 saturated carbocycles. The number of aromatic nitrogens is 2. The Balaban J connectivity index is 1.15. The van der Waals surface area contributed by atoms with Gasteiger partial charge in [0.2, 0.25) is 5.82 Å². The van der Waals surface area contributed by atoms with E-state index in [0.717, 1.165) is 25.7 Å². The van der Waals surface area contributed by atoms with Gasteiger partial charge in [-0.25, -0.2) is 9.78 Å². The molecule has 2 aliphatic heterocycles. The predicted molar refractivity (Wildman–Crippen MR) is 126 cm³/mol. The first-order valence-corrected chi connectivity index (χ1v) is 12.5. The number of nitriles is 1. The Morgan fingerprint density at radius 1 is 1.25 bits per heavy atom. The second-order valence-electron chi connectivity index (χ2n) is 10.0. The number of likely N-dealkylation sites (tertiary alicyclic amines) is 1. The number of carbonyl (C=O) groups is 1. The van der Waals surface area contributed by atoms with Gasteiger partial charge in [-0.05, 0) is 49.8 Å². The highest BCUT2D eigenvalue weighted by molar-refractivity contribution is 6.33. The molecule has 188 valence electrons. The van der Waals surface area contributed by atoms with Gasteiger partial charge in [0.05, 0.1) is 35.6 Å². The third kappa shape index (κ3) is 4.42. The van der Waals surface area contributed by atoms with E-state index < -0.39 is 5.82 Å². The fourth-order valence-corrected chi connectivity index (χ4v) is 5.50. The van der Waals surface area contributed by atoms with Gasteiger partial charge in [-0.2, -0.15) is 14.6 Å². The number of amides is 1. The van der Waals surface area contributed by atoms with Crippen molar-refractivity contribution in [1.29, 1.82) is 5.26 Å². The lowest BCUT2D eigenvalue weighted by Gasteiger charge is -2.46. The maximum absolute atomic E-state index is 15.3. The van der Waals surface area contributed by atoms with Crippen molar-refractivity contribution in [3.63, 3.8) is 0 Å². The van der Waals surface area contributed by atoms with Crippen LogP contribution >= 0.6 is 11.6 Å². The standard InChI is InChI=1S/C25H25ClFN5O4/c26-18-7-14(8-28)1-4-19(18)31-22-20(27)23(30-13-29-22)35-21-15-9-32(10-16(21)12-34-11-15)24(33)36-25(5-6-25)17-2-3-17/h1,4,7,13,15-17,21H,2-3,5-6,9-12H2,(H,29,30,31). The van der Waals surface area contributed by atoms with Crippen molar-refractivity contribution in [3.8, 4) is 11.9 Å². The number of piperidine rings is 1. The lowest BCUT2D eigenvalue weighted by molar-refractivity contribution is -0.113. The van der Waals surface area contributed by atoms with E-state index in [4.69, 9.17) is 31.1 Å². The lowest BCUT2D eigenvalue weighted by Crippen LogP contribution is -2.59. The van der Waals surface area contributed by atoms with Crippen LogP contribution in [0.15, 0.2) is 24.5 Å². The zero-order chi connectivity index (χ0) is 24.9. The van der Waals surface area contributed by atoms with Gasteiger partial charge < -0.3 is 24.4 Å². The second-order valence-corrected chi connectivity index (χ2v) is 10.4. The van der Waals surface area contributed by atoms with Gasteiger partial charge in [0.25, 0.3) is 5.88 Å². The number of anilines is 2. The van der Waals surface area contributed by atoms with E-state index in [2.05, 4.69) is 15.3 Å². The SMILES string of the molecule is N#Cc1ccc(Nc2ncnc(OC3C4COCC3CN(C(=O)OC3(C5CC5)CC3)C4)c2F)c(Cl)c1. The molecule has 1 amide bonds. The molecule has 11 heteroatoms. The van der Waals surface area contributed by atoms with E-state index in [-0.39, 0.29) is 46.4 Å². The van der Waals surface area contributed by atoms with Crippen LogP contribution < -0.4 is 10.1 Å². The number of halogens is 2. The summed E-state index contributed by atoms with van der Waals surface area (Å²) in [6.45, 7) is 1.63. The van der Waals surface area contributed by atoms with Crippen molar-refractivity contribution in [2.45, 2.75) is 37.4 Å². The van der Waals surface area contributed by atoms with E-state index >= 15 is 4.39 Å². The Morgan fingerprint density at radius 2 is 2.00 bits per heavy atom. The number of hydrogen-bond acceptors (Lipinski definition) is 8. The number of hydrogen-bond donors (Lipinski definition) is 1. The molecule has 36 heavy (non-hydrogen) atoms. The minimum Gasteiger partial charge on any atom is -0.471 e. The number of carbonyl (C=O) groups excluding carboxylic acids is 1. The molecule has 2 unspecified atom stereocenters. The first-order valence-electron chi connectivity index (χ1n) is 12.2. The van der Waals surface area contributed by atoms with Crippen LogP contribution in [0, 0.1) is 34.9 Å². The average Bonchev–Trinajstić information content (AvgIpc) is 3.77. The summed E-state index contributed by atoms with van der Waals surface area (Å²) in [6.07, 6.45) is 4.77. The van der Waals surface area contributed by atoms with E-state index in [1.54, 1.807) is 17.0 Å². The number of fused-ring (bicyclic) bond motifs is 2. The summed E-state index contributed by atoms with van der Waals surface area (Å²) >= 11 is 6.21. The molecule has 3 heterocycles. The lowest BCUT2D eigenvalue weighted by atomic mass is 9.84. The summed E-state index contributed by atoms with van der Waals surface area (Å²) in [6, 6.07) is 6.63. The Kier molecular flexibility index (Phi) is 5.85. The van der Waals surface area contributed by atoms with Crippen LogP contribution in [0.4, 0.5) is 20.7 Å². The van der Waals surface area contributed by atoms with Crippen LogP contribution in [0.3, 0.4) is 0 Å². The third-order valence-electron chi connectivity index (χ3n) is 7.47. The van der Waals surface area contributed by atoms with Gasteiger partial charge in [-0.1, -0.05) is 11.6 Å². The first kappa shape index (κ1) is 23.3. The summed E-state index contributed by atoms with van der Waals surface area (Å²) < 4.78 is 33.1. The van der Waals surface area contributed by atoms with Gasteiger partial charge in [0.15, 0.2) is 5.82 Å². The minimum absolute atomic E-state index is 0.0937. The summed E-state index contributed by atoms with van der Waals surface area (Å²) in [7, 11) is 0. The molecule has 0 spiro atoms. The highest BCUT2D eigenvalue weighted by atomic mass is 35.5. The summed E-state index contributed by atoms with van der Waals surface area (Å²) in [5.74, 6) is -0.781. The molecule has 2 atom stereocenters. The summed E-state index contributed by atoms with van der Waals surface area (Å²) in [4.78, 5) is 22.7. The monoisotopic (exact) mass is 513 g/mol.